The number of rotatable bonds is 3. The SMILES string of the molecule is NOCc1ccccc1[NH+]=O. The van der Waals surface area contributed by atoms with Gasteiger partial charge in [-0.1, -0.05) is 12.1 Å². The molecule has 0 aromatic heterocycles. The molecule has 0 saturated heterocycles. The largest absolute Gasteiger partial charge is 0.300 e. The van der Waals surface area contributed by atoms with Crippen molar-refractivity contribution >= 4 is 5.69 Å². The highest BCUT2D eigenvalue weighted by molar-refractivity contribution is 5.37. The first-order valence-electron chi connectivity index (χ1n) is 3.16. The van der Waals surface area contributed by atoms with Crippen LogP contribution in [0.4, 0.5) is 5.69 Å². The van der Waals surface area contributed by atoms with Gasteiger partial charge in [-0.05, 0) is 6.07 Å². The average Bonchev–Trinajstić information content (AvgIpc) is 2.06. The summed E-state index contributed by atoms with van der Waals surface area (Å²) in [6, 6.07) is 7.02. The lowest BCUT2D eigenvalue weighted by atomic mass is 10.2. The van der Waals surface area contributed by atoms with Crippen molar-refractivity contribution in [2.45, 2.75) is 6.61 Å². The molecule has 1 aromatic carbocycles. The maximum absolute atomic E-state index is 10.3. The Hall–Kier alpha value is -1.26. The minimum atomic E-state index is 0.241. The second kappa shape index (κ2) is 3.80. The maximum atomic E-state index is 10.3. The molecule has 1 aromatic rings. The Morgan fingerprint density at radius 1 is 1.45 bits per heavy atom. The lowest BCUT2D eigenvalue weighted by molar-refractivity contribution is -0.380. The number of benzene rings is 1. The molecule has 0 aliphatic heterocycles. The van der Waals surface area contributed by atoms with Gasteiger partial charge in [0.2, 0.25) is 0 Å². The third-order valence-electron chi connectivity index (χ3n) is 1.37. The molecule has 0 radical (unpaired) electrons. The molecule has 3 N–H and O–H groups in total. The topological polar surface area (TPSA) is 66.3 Å². The van der Waals surface area contributed by atoms with E-state index in [-0.39, 0.29) is 6.61 Å². The zero-order valence-corrected chi connectivity index (χ0v) is 5.91. The van der Waals surface area contributed by atoms with Crippen LogP contribution in [0.3, 0.4) is 0 Å². The first-order chi connectivity index (χ1) is 5.38. The second-order valence-corrected chi connectivity index (χ2v) is 2.07. The smallest absolute Gasteiger partial charge is 0.258 e. The summed E-state index contributed by atoms with van der Waals surface area (Å²) >= 11 is 0. The minimum Gasteiger partial charge on any atom is -0.300 e. The number of nitrogens with one attached hydrogen (secondary N) is 1. The fraction of sp³-hybridized carbons (Fsp3) is 0.143. The summed E-state index contributed by atoms with van der Waals surface area (Å²) in [5, 5.41) is 1.79. The molecule has 4 nitrogen and oxygen atoms in total. The lowest BCUT2D eigenvalue weighted by Crippen LogP contribution is -2.56. The van der Waals surface area contributed by atoms with Crippen molar-refractivity contribution in [1.82, 2.24) is 0 Å². The summed E-state index contributed by atoms with van der Waals surface area (Å²) in [5.74, 6) is 4.85. The van der Waals surface area contributed by atoms with Crippen LogP contribution in [0.15, 0.2) is 24.3 Å². The van der Waals surface area contributed by atoms with Gasteiger partial charge in [0.25, 0.3) is 5.69 Å². The van der Waals surface area contributed by atoms with E-state index in [1.807, 2.05) is 6.07 Å². The fourth-order valence-corrected chi connectivity index (χ4v) is 0.836. The van der Waals surface area contributed by atoms with Crippen molar-refractivity contribution < 1.29 is 10.0 Å². The number of nitrogens with two attached hydrogens (primary N) is 1. The third kappa shape index (κ3) is 1.83. The number of hydrogen-bond acceptors (Lipinski definition) is 3. The monoisotopic (exact) mass is 153 g/mol. The van der Waals surface area contributed by atoms with Crippen molar-refractivity contribution in [1.29, 1.82) is 0 Å². The molecule has 58 valence electrons. The van der Waals surface area contributed by atoms with Gasteiger partial charge in [-0.3, -0.25) is 4.84 Å². The first-order valence-corrected chi connectivity index (χ1v) is 3.16. The van der Waals surface area contributed by atoms with Crippen molar-refractivity contribution in [3.8, 4) is 0 Å². The quantitative estimate of drug-likeness (QED) is 0.578. The van der Waals surface area contributed by atoms with Crippen molar-refractivity contribution in [2.75, 3.05) is 0 Å². The lowest BCUT2D eigenvalue weighted by Gasteiger charge is -1.95. The Morgan fingerprint density at radius 3 is 2.82 bits per heavy atom. The molecule has 4 heteroatoms. The highest BCUT2D eigenvalue weighted by atomic mass is 16.6. The molecule has 0 amide bonds. The molecule has 0 heterocycles. The number of para-hydroxylation sites is 1. The predicted octanol–water partition coefficient (Wildman–Crippen LogP) is -0.445. The van der Waals surface area contributed by atoms with Crippen LogP contribution in [0, 0.1) is 4.91 Å². The van der Waals surface area contributed by atoms with Crippen LogP contribution < -0.4 is 11.1 Å². The summed E-state index contributed by atoms with van der Waals surface area (Å²) in [6.07, 6.45) is 0. The van der Waals surface area contributed by atoms with Gasteiger partial charge in [0.15, 0.2) is 0 Å². The molecule has 0 unspecified atom stereocenters. The van der Waals surface area contributed by atoms with E-state index in [0.717, 1.165) is 5.56 Å². The molecule has 11 heavy (non-hydrogen) atoms. The van der Waals surface area contributed by atoms with Crippen molar-refractivity contribution in [3.63, 3.8) is 0 Å². The van der Waals surface area contributed by atoms with E-state index in [1.54, 1.807) is 23.4 Å². The summed E-state index contributed by atoms with van der Waals surface area (Å²) in [6.45, 7) is 0.241. The molecule has 0 bridgehead atoms. The van der Waals surface area contributed by atoms with Crippen LogP contribution in [-0.4, -0.2) is 0 Å². The summed E-state index contributed by atoms with van der Waals surface area (Å²) in [7, 11) is 0. The standard InChI is InChI=1S/C7H8N2O2/c8-11-5-6-3-1-2-4-7(6)9-10/h1-4H,5,8H2/p+1. The Balaban J connectivity index is 2.92. The predicted molar refractivity (Wildman–Crippen MR) is 39.4 cm³/mol. The van der Waals surface area contributed by atoms with Gasteiger partial charge >= 0.3 is 0 Å². The van der Waals surface area contributed by atoms with E-state index in [9.17, 15) is 4.91 Å². The molecule has 0 aliphatic carbocycles. The van der Waals surface area contributed by atoms with Crippen LogP contribution in [0.25, 0.3) is 0 Å². The summed E-state index contributed by atoms with van der Waals surface area (Å²) < 4.78 is 0. The van der Waals surface area contributed by atoms with Crippen molar-refractivity contribution in [2.24, 2.45) is 5.90 Å². The molecule has 1 rings (SSSR count). The average molecular weight is 153 g/mol. The van der Waals surface area contributed by atoms with E-state index < -0.39 is 0 Å². The van der Waals surface area contributed by atoms with Crippen LogP contribution in [0.1, 0.15) is 5.56 Å². The summed E-state index contributed by atoms with van der Waals surface area (Å²) in [5.41, 5.74) is 1.25. The van der Waals surface area contributed by atoms with Gasteiger partial charge in [-0.25, -0.2) is 5.90 Å². The van der Waals surface area contributed by atoms with Gasteiger partial charge in [-0.15, -0.1) is 0 Å². The Morgan fingerprint density at radius 2 is 2.18 bits per heavy atom. The van der Waals surface area contributed by atoms with Crippen LogP contribution in [-0.2, 0) is 11.4 Å². The zero-order valence-electron chi connectivity index (χ0n) is 5.91. The Kier molecular flexibility index (Phi) is 2.71. The molecule has 0 fully saturated rings. The van der Waals surface area contributed by atoms with Crippen molar-refractivity contribution in [3.05, 3.63) is 34.7 Å². The molecule has 0 aliphatic rings. The molecular weight excluding hydrogens is 144 g/mol. The van der Waals surface area contributed by atoms with Crippen LogP contribution >= 0.6 is 0 Å². The zero-order chi connectivity index (χ0) is 8.10. The minimum absolute atomic E-state index is 0.241. The van der Waals surface area contributed by atoms with Gasteiger partial charge in [0, 0.05) is 16.2 Å². The first kappa shape index (κ1) is 7.84. The fourth-order valence-electron chi connectivity index (χ4n) is 0.836. The van der Waals surface area contributed by atoms with E-state index >= 15 is 0 Å². The van der Waals surface area contributed by atoms with Gasteiger partial charge in [-0.2, -0.15) is 0 Å². The molecule has 0 saturated carbocycles. The van der Waals surface area contributed by atoms with Crippen LogP contribution in [0.5, 0.6) is 0 Å². The van der Waals surface area contributed by atoms with E-state index in [2.05, 4.69) is 4.84 Å². The van der Waals surface area contributed by atoms with Gasteiger partial charge in [0.05, 0.1) is 12.2 Å². The van der Waals surface area contributed by atoms with E-state index in [0.29, 0.717) is 5.69 Å². The highest BCUT2D eigenvalue weighted by Gasteiger charge is 2.05. The highest BCUT2D eigenvalue weighted by Crippen LogP contribution is 2.08. The molecule has 0 spiro atoms. The third-order valence-corrected chi connectivity index (χ3v) is 1.37. The maximum Gasteiger partial charge on any atom is 0.258 e. The number of hydrogen-bond donors (Lipinski definition) is 2. The van der Waals surface area contributed by atoms with Crippen LogP contribution in [0.2, 0.25) is 0 Å². The summed E-state index contributed by atoms with van der Waals surface area (Å²) in [4.78, 5) is 14.7. The van der Waals surface area contributed by atoms with E-state index in [4.69, 9.17) is 5.90 Å². The Bertz CT molecular complexity index is 250. The molecule has 0 atom stereocenters. The van der Waals surface area contributed by atoms with E-state index in [1.165, 1.54) is 0 Å². The molecular formula is C7H9N2O2+. The second-order valence-electron chi connectivity index (χ2n) is 2.07. The Labute approximate surface area is 63.9 Å². The number of nitroso groups, excluding NO2 is 1. The van der Waals surface area contributed by atoms with Gasteiger partial charge < -0.3 is 0 Å². The normalized spacial score (nSPS) is 9.55. The van der Waals surface area contributed by atoms with Gasteiger partial charge in [0.1, 0.15) is 0 Å².